The summed E-state index contributed by atoms with van der Waals surface area (Å²) in [6.45, 7) is 2.71. The van der Waals surface area contributed by atoms with E-state index in [0.717, 1.165) is 6.42 Å². The molecule has 0 aliphatic carbocycles. The Morgan fingerprint density at radius 3 is 2.72 bits per heavy atom. The topological polar surface area (TPSA) is 43.4 Å². The fourth-order valence-electron chi connectivity index (χ4n) is 3.33. The van der Waals surface area contributed by atoms with Gasteiger partial charge in [-0.3, -0.25) is 4.79 Å². The summed E-state index contributed by atoms with van der Waals surface area (Å²) in [6.07, 6.45) is 2.51. The molecule has 6 heteroatoms. The number of carbonyl (C=O) groups is 1. The first-order valence-electron chi connectivity index (χ1n) is 8.07. The molecule has 1 aliphatic rings. The number of nitrogens with zero attached hydrogens (tertiary/aromatic N) is 1. The second kappa shape index (κ2) is 7.58. The molecule has 1 heterocycles. The van der Waals surface area contributed by atoms with Crippen molar-refractivity contribution in [3.05, 3.63) is 63.1 Å². The van der Waals surface area contributed by atoms with Crippen LogP contribution in [0.5, 0.6) is 0 Å². The average molecular weight is 396 g/mol. The van der Waals surface area contributed by atoms with Crippen LogP contribution in [0.4, 0.5) is 0 Å². The molecule has 1 unspecified atom stereocenters. The Morgan fingerprint density at radius 1 is 1.28 bits per heavy atom. The number of hydrogen-bond donors (Lipinski definition) is 0. The van der Waals surface area contributed by atoms with Gasteiger partial charge in [-0.2, -0.15) is 0 Å². The summed E-state index contributed by atoms with van der Waals surface area (Å²) in [7, 11) is 0. The summed E-state index contributed by atoms with van der Waals surface area (Å²) in [5, 5.41) is 0.754. The van der Waals surface area contributed by atoms with E-state index in [1.807, 2.05) is 24.0 Å². The number of halogens is 2. The Morgan fingerprint density at radius 2 is 2.00 bits per heavy atom. The van der Waals surface area contributed by atoms with Crippen LogP contribution in [-0.2, 0) is 28.8 Å². The highest BCUT2D eigenvalue weighted by molar-refractivity contribution is 7.90. The van der Waals surface area contributed by atoms with Crippen molar-refractivity contribution in [2.24, 2.45) is 0 Å². The van der Waals surface area contributed by atoms with Crippen LogP contribution in [0.3, 0.4) is 0 Å². The minimum atomic E-state index is -1.23. The second-order valence-corrected chi connectivity index (χ2v) is 8.31. The van der Waals surface area contributed by atoms with E-state index in [1.165, 1.54) is 11.1 Å². The zero-order chi connectivity index (χ0) is 18.1. The third kappa shape index (κ3) is 3.68. The van der Waals surface area contributed by atoms with E-state index in [4.69, 9.17) is 23.2 Å². The van der Waals surface area contributed by atoms with Crippen molar-refractivity contribution in [3.63, 3.8) is 0 Å². The minimum Gasteiger partial charge on any atom is -0.612 e. The van der Waals surface area contributed by atoms with Crippen LogP contribution in [0.1, 0.15) is 29.7 Å². The minimum absolute atomic E-state index is 0.0125. The van der Waals surface area contributed by atoms with Gasteiger partial charge in [0.15, 0.2) is 4.90 Å². The van der Waals surface area contributed by atoms with Crippen molar-refractivity contribution in [2.45, 2.75) is 30.7 Å². The largest absolute Gasteiger partial charge is 0.612 e. The number of carbonyl (C=O) groups excluding carboxylic acids is 1. The molecule has 2 aromatic carbocycles. The molecule has 2 atom stereocenters. The maximum atomic E-state index is 12.9. The first-order chi connectivity index (χ1) is 11.9. The molecule has 0 spiro atoms. The van der Waals surface area contributed by atoms with E-state index < -0.39 is 11.2 Å². The van der Waals surface area contributed by atoms with Gasteiger partial charge in [-0.05, 0) is 47.8 Å². The van der Waals surface area contributed by atoms with E-state index >= 15 is 0 Å². The van der Waals surface area contributed by atoms with Gasteiger partial charge in [0.25, 0.3) is 0 Å². The van der Waals surface area contributed by atoms with Gasteiger partial charge < -0.3 is 9.45 Å². The number of fused-ring (bicyclic) bond motifs is 1. The molecule has 0 aromatic heterocycles. The quantitative estimate of drug-likeness (QED) is 0.721. The number of amides is 1. The Bertz CT molecular complexity index is 810. The second-order valence-electron chi connectivity index (χ2n) is 6.18. The van der Waals surface area contributed by atoms with Crippen LogP contribution >= 0.6 is 23.2 Å². The number of hydrogen-bond acceptors (Lipinski definition) is 2. The summed E-state index contributed by atoms with van der Waals surface area (Å²) >= 11 is 11.4. The Kier molecular flexibility index (Phi) is 5.64. The fraction of sp³-hybridized carbons (Fsp3) is 0.316. The van der Waals surface area contributed by atoms with Crippen LogP contribution in [0, 0.1) is 0 Å². The summed E-state index contributed by atoms with van der Waals surface area (Å²) in [4.78, 5) is 15.3. The van der Waals surface area contributed by atoms with Gasteiger partial charge >= 0.3 is 0 Å². The summed E-state index contributed by atoms with van der Waals surface area (Å²) in [5.41, 5.74) is 3.02. The molecule has 1 aliphatic heterocycles. The van der Waals surface area contributed by atoms with Gasteiger partial charge in [0.2, 0.25) is 5.91 Å². The third-order valence-corrected chi connectivity index (χ3v) is 6.56. The summed E-state index contributed by atoms with van der Waals surface area (Å²) < 4.78 is 11.8. The van der Waals surface area contributed by atoms with Crippen LogP contribution < -0.4 is 0 Å². The molecular formula is C19H19Cl2NO2S. The van der Waals surface area contributed by atoms with Crippen LogP contribution in [0.25, 0.3) is 0 Å². The van der Waals surface area contributed by atoms with Gasteiger partial charge in [-0.25, -0.2) is 0 Å². The van der Waals surface area contributed by atoms with Crippen LogP contribution in [-0.4, -0.2) is 28.2 Å². The highest BCUT2D eigenvalue weighted by Crippen LogP contribution is 2.34. The molecular weight excluding hydrogens is 377 g/mol. The zero-order valence-corrected chi connectivity index (χ0v) is 16.4. The first-order valence-corrected chi connectivity index (χ1v) is 10.4. The highest BCUT2D eigenvalue weighted by atomic mass is 35.5. The van der Waals surface area contributed by atoms with Crippen molar-refractivity contribution in [1.82, 2.24) is 4.90 Å². The molecule has 0 saturated heterocycles. The van der Waals surface area contributed by atoms with Crippen molar-refractivity contribution in [2.75, 3.05) is 12.8 Å². The fourth-order valence-corrected chi connectivity index (χ4v) is 4.79. The highest BCUT2D eigenvalue weighted by Gasteiger charge is 2.29. The normalized spacial score (nSPS) is 18.0. The number of rotatable bonds is 3. The summed E-state index contributed by atoms with van der Waals surface area (Å²) in [5.74, 6) is -0.0233. The molecule has 0 saturated carbocycles. The molecule has 0 N–H and O–H groups in total. The van der Waals surface area contributed by atoms with Crippen LogP contribution in [0.2, 0.25) is 10.0 Å². The SMILES string of the molecule is C[C@H]1c2ccccc2CCN1C(=O)Cc1c(Cl)ccc([S+](C)[O-])c1Cl. The first kappa shape index (κ1) is 18.6. The lowest BCUT2D eigenvalue weighted by molar-refractivity contribution is -0.133. The molecule has 0 radical (unpaired) electrons. The molecule has 0 bridgehead atoms. The van der Waals surface area contributed by atoms with E-state index in [9.17, 15) is 9.35 Å². The lowest BCUT2D eigenvalue weighted by Crippen LogP contribution is -2.39. The number of benzene rings is 2. The lowest BCUT2D eigenvalue weighted by Gasteiger charge is -2.35. The van der Waals surface area contributed by atoms with Crippen molar-refractivity contribution >= 4 is 40.3 Å². The molecule has 25 heavy (non-hydrogen) atoms. The summed E-state index contributed by atoms with van der Waals surface area (Å²) in [6, 6.07) is 11.5. The Labute approximate surface area is 161 Å². The maximum Gasteiger partial charge on any atom is 0.227 e. The van der Waals surface area contributed by atoms with Crippen molar-refractivity contribution < 1.29 is 9.35 Å². The maximum absolute atomic E-state index is 12.9. The third-order valence-electron chi connectivity index (χ3n) is 4.70. The zero-order valence-electron chi connectivity index (χ0n) is 14.1. The van der Waals surface area contributed by atoms with Crippen molar-refractivity contribution in [1.29, 1.82) is 0 Å². The van der Waals surface area contributed by atoms with E-state index in [1.54, 1.807) is 18.4 Å². The van der Waals surface area contributed by atoms with Gasteiger partial charge in [0, 0.05) is 17.1 Å². The monoisotopic (exact) mass is 395 g/mol. The smallest absolute Gasteiger partial charge is 0.227 e. The molecule has 132 valence electrons. The van der Waals surface area contributed by atoms with Crippen molar-refractivity contribution in [3.8, 4) is 0 Å². The molecule has 3 nitrogen and oxygen atoms in total. The molecule has 1 amide bonds. The standard InChI is InChI=1S/C19H19Cl2NO2S/c1-12-14-6-4-3-5-13(14)9-10-22(12)18(23)11-15-16(20)7-8-17(19(15)21)25(2)24/h3-8,12H,9-11H2,1-2H3/t12-,25?/m0/s1. The Balaban J connectivity index is 1.85. The van der Waals surface area contributed by atoms with Gasteiger partial charge in [0.05, 0.1) is 12.5 Å². The lowest BCUT2D eigenvalue weighted by atomic mass is 9.93. The predicted molar refractivity (Wildman–Crippen MR) is 103 cm³/mol. The van der Waals surface area contributed by atoms with Gasteiger partial charge in [-0.1, -0.05) is 47.5 Å². The van der Waals surface area contributed by atoms with Gasteiger partial charge in [0.1, 0.15) is 11.3 Å². The van der Waals surface area contributed by atoms with Crippen LogP contribution in [0.15, 0.2) is 41.3 Å². The molecule has 2 aromatic rings. The molecule has 3 rings (SSSR count). The van der Waals surface area contributed by atoms with E-state index in [-0.39, 0.29) is 18.4 Å². The Hall–Kier alpha value is -1.20. The predicted octanol–water partition coefficient (Wildman–Crippen LogP) is 4.42. The van der Waals surface area contributed by atoms with Gasteiger partial charge in [-0.15, -0.1) is 0 Å². The average Bonchev–Trinajstić information content (AvgIpc) is 2.58. The van der Waals surface area contributed by atoms with E-state index in [0.29, 0.717) is 27.0 Å². The van der Waals surface area contributed by atoms with E-state index in [2.05, 4.69) is 12.1 Å². The molecule has 0 fully saturated rings.